The van der Waals surface area contributed by atoms with Crippen molar-refractivity contribution in [3.63, 3.8) is 0 Å². The van der Waals surface area contributed by atoms with Crippen LogP contribution in [0.25, 0.3) is 0 Å². The summed E-state index contributed by atoms with van der Waals surface area (Å²) < 4.78 is 41.4. The highest BCUT2D eigenvalue weighted by Crippen LogP contribution is 2.11. The lowest BCUT2D eigenvalue weighted by molar-refractivity contribution is 0.146. The molecule has 0 heterocycles. The van der Waals surface area contributed by atoms with E-state index in [-0.39, 0.29) is 13.2 Å². The molecule has 2 amide bonds. The number of alkyl halides is 2. The summed E-state index contributed by atoms with van der Waals surface area (Å²) in [5.74, 6) is -0.0834. The summed E-state index contributed by atoms with van der Waals surface area (Å²) in [6.45, 7) is -0.451. The Hall–Kier alpha value is -1.92. The molecule has 0 spiro atoms. The zero-order chi connectivity index (χ0) is 13.4. The molecule has 7 heteroatoms. The highest BCUT2D eigenvalue weighted by Gasteiger charge is 2.05. The predicted molar refractivity (Wildman–Crippen MR) is 59.3 cm³/mol. The molecule has 1 rings (SSSR count). The van der Waals surface area contributed by atoms with Gasteiger partial charge in [0.1, 0.15) is 18.2 Å². The Kier molecular flexibility index (Phi) is 5.83. The van der Waals surface area contributed by atoms with Crippen LogP contribution in [0.3, 0.4) is 0 Å². The van der Waals surface area contributed by atoms with E-state index in [1.165, 1.54) is 18.2 Å². The first-order chi connectivity index (χ1) is 8.58. The molecule has 0 aromatic heterocycles. The molecule has 18 heavy (non-hydrogen) atoms. The third kappa shape index (κ3) is 5.97. The van der Waals surface area contributed by atoms with Gasteiger partial charge < -0.3 is 15.4 Å². The standard InChI is InChI=1S/C11H13F3N2O2/c12-8-2-1-3-9(6-8)18-5-4-15-11(17)16-7-10(13)14/h1-3,6,10H,4-5,7H2,(H2,15,16,17). The van der Waals surface area contributed by atoms with Crippen LogP contribution < -0.4 is 15.4 Å². The second-order valence-corrected chi connectivity index (χ2v) is 3.33. The van der Waals surface area contributed by atoms with Crippen molar-refractivity contribution < 1.29 is 22.7 Å². The van der Waals surface area contributed by atoms with E-state index in [1.54, 1.807) is 6.07 Å². The van der Waals surface area contributed by atoms with Crippen molar-refractivity contribution in [2.24, 2.45) is 0 Å². The number of carbonyl (C=O) groups is 1. The number of hydrogen-bond acceptors (Lipinski definition) is 2. The van der Waals surface area contributed by atoms with Gasteiger partial charge >= 0.3 is 6.03 Å². The van der Waals surface area contributed by atoms with E-state index >= 15 is 0 Å². The van der Waals surface area contributed by atoms with E-state index in [2.05, 4.69) is 5.32 Å². The minimum Gasteiger partial charge on any atom is -0.492 e. The van der Waals surface area contributed by atoms with Crippen molar-refractivity contribution in [2.75, 3.05) is 19.7 Å². The Morgan fingerprint density at radius 2 is 2.11 bits per heavy atom. The van der Waals surface area contributed by atoms with Gasteiger partial charge in [0, 0.05) is 6.07 Å². The van der Waals surface area contributed by atoms with Crippen LogP contribution in [0.5, 0.6) is 5.75 Å². The summed E-state index contributed by atoms with van der Waals surface area (Å²) in [5.41, 5.74) is 0. The minimum absolute atomic E-state index is 0.117. The number of amides is 2. The average Bonchev–Trinajstić information content (AvgIpc) is 2.32. The van der Waals surface area contributed by atoms with E-state index in [9.17, 15) is 18.0 Å². The van der Waals surface area contributed by atoms with E-state index in [1.807, 2.05) is 5.32 Å². The van der Waals surface area contributed by atoms with Crippen molar-refractivity contribution in [1.29, 1.82) is 0 Å². The molecule has 0 saturated carbocycles. The fourth-order valence-electron chi connectivity index (χ4n) is 1.12. The zero-order valence-corrected chi connectivity index (χ0v) is 9.46. The topological polar surface area (TPSA) is 50.4 Å². The average molecular weight is 262 g/mol. The first-order valence-electron chi connectivity index (χ1n) is 5.26. The van der Waals surface area contributed by atoms with Crippen molar-refractivity contribution in [1.82, 2.24) is 10.6 Å². The fourth-order valence-corrected chi connectivity index (χ4v) is 1.12. The minimum atomic E-state index is -2.58. The number of nitrogens with one attached hydrogen (secondary N) is 2. The molecule has 0 aliphatic carbocycles. The Morgan fingerprint density at radius 1 is 1.33 bits per heavy atom. The molecule has 0 bridgehead atoms. The molecule has 2 N–H and O–H groups in total. The van der Waals surface area contributed by atoms with Gasteiger partial charge in [-0.05, 0) is 12.1 Å². The number of urea groups is 1. The van der Waals surface area contributed by atoms with Gasteiger partial charge in [-0.2, -0.15) is 0 Å². The van der Waals surface area contributed by atoms with Crippen LogP contribution in [0.1, 0.15) is 0 Å². The van der Waals surface area contributed by atoms with Crippen LogP contribution >= 0.6 is 0 Å². The second kappa shape index (κ2) is 7.41. The lowest BCUT2D eigenvalue weighted by Gasteiger charge is -2.08. The third-order valence-corrected chi connectivity index (χ3v) is 1.87. The van der Waals surface area contributed by atoms with Crippen LogP contribution in [-0.2, 0) is 0 Å². The quantitative estimate of drug-likeness (QED) is 0.768. The van der Waals surface area contributed by atoms with Gasteiger partial charge in [-0.25, -0.2) is 18.0 Å². The number of hydrogen-bond donors (Lipinski definition) is 2. The van der Waals surface area contributed by atoms with Crippen molar-refractivity contribution in [2.45, 2.75) is 6.43 Å². The number of benzene rings is 1. The maximum Gasteiger partial charge on any atom is 0.315 e. The molecule has 1 aromatic rings. The SMILES string of the molecule is O=C(NCCOc1cccc(F)c1)NCC(F)F. The first-order valence-corrected chi connectivity index (χ1v) is 5.26. The predicted octanol–water partition coefficient (Wildman–Crippen LogP) is 1.77. The van der Waals surface area contributed by atoms with Crippen LogP contribution in [0.15, 0.2) is 24.3 Å². The Morgan fingerprint density at radius 3 is 2.78 bits per heavy atom. The van der Waals surface area contributed by atoms with Crippen LogP contribution in [-0.4, -0.2) is 32.2 Å². The van der Waals surface area contributed by atoms with Gasteiger partial charge in [0.25, 0.3) is 6.43 Å². The molecule has 100 valence electrons. The lowest BCUT2D eigenvalue weighted by Crippen LogP contribution is -2.39. The van der Waals surface area contributed by atoms with Gasteiger partial charge in [0.15, 0.2) is 0 Å². The summed E-state index contributed by atoms with van der Waals surface area (Å²) in [4.78, 5) is 10.9. The highest BCUT2D eigenvalue weighted by molar-refractivity contribution is 5.73. The molecular weight excluding hydrogens is 249 g/mol. The van der Waals surface area contributed by atoms with Crippen LogP contribution in [0, 0.1) is 5.82 Å². The summed E-state index contributed by atoms with van der Waals surface area (Å²) in [6.07, 6.45) is -2.58. The number of carbonyl (C=O) groups excluding carboxylic acids is 1. The molecule has 0 aliphatic rings. The lowest BCUT2D eigenvalue weighted by atomic mass is 10.3. The number of rotatable bonds is 6. The molecule has 0 unspecified atom stereocenters. The monoisotopic (exact) mass is 262 g/mol. The molecule has 4 nitrogen and oxygen atoms in total. The molecule has 0 saturated heterocycles. The van der Waals surface area contributed by atoms with E-state index in [4.69, 9.17) is 4.74 Å². The zero-order valence-electron chi connectivity index (χ0n) is 9.46. The Bertz CT molecular complexity index is 388. The molecule has 1 aromatic carbocycles. The van der Waals surface area contributed by atoms with Crippen LogP contribution in [0.4, 0.5) is 18.0 Å². The van der Waals surface area contributed by atoms with Gasteiger partial charge in [0.2, 0.25) is 0 Å². The summed E-state index contributed by atoms with van der Waals surface area (Å²) in [6, 6.07) is 4.85. The maximum atomic E-state index is 12.7. The number of halogens is 3. The van der Waals surface area contributed by atoms with Crippen molar-refractivity contribution >= 4 is 6.03 Å². The number of ether oxygens (including phenoxy) is 1. The molecular formula is C11H13F3N2O2. The largest absolute Gasteiger partial charge is 0.492 e. The molecule has 0 atom stereocenters. The van der Waals surface area contributed by atoms with Gasteiger partial charge in [0.05, 0.1) is 13.1 Å². The van der Waals surface area contributed by atoms with Crippen molar-refractivity contribution in [3.8, 4) is 5.75 Å². The van der Waals surface area contributed by atoms with E-state index in [0.717, 1.165) is 0 Å². The van der Waals surface area contributed by atoms with Gasteiger partial charge in [-0.3, -0.25) is 0 Å². The van der Waals surface area contributed by atoms with Gasteiger partial charge in [-0.1, -0.05) is 6.07 Å². The second-order valence-electron chi connectivity index (χ2n) is 3.33. The summed E-state index contributed by atoms with van der Waals surface area (Å²) in [5, 5.41) is 4.30. The summed E-state index contributed by atoms with van der Waals surface area (Å²) in [7, 11) is 0. The van der Waals surface area contributed by atoms with E-state index < -0.39 is 24.8 Å². The Balaban J connectivity index is 2.13. The third-order valence-electron chi connectivity index (χ3n) is 1.87. The molecule has 0 aliphatic heterocycles. The highest BCUT2D eigenvalue weighted by atomic mass is 19.3. The van der Waals surface area contributed by atoms with E-state index in [0.29, 0.717) is 5.75 Å². The maximum absolute atomic E-state index is 12.7. The smallest absolute Gasteiger partial charge is 0.315 e. The molecule has 0 radical (unpaired) electrons. The molecule has 0 fully saturated rings. The van der Waals surface area contributed by atoms with Gasteiger partial charge in [-0.15, -0.1) is 0 Å². The van der Waals surface area contributed by atoms with Crippen LogP contribution in [0.2, 0.25) is 0 Å². The Labute approximate surface area is 102 Å². The van der Waals surface area contributed by atoms with Crippen molar-refractivity contribution in [3.05, 3.63) is 30.1 Å². The first kappa shape index (κ1) is 14.1. The summed E-state index contributed by atoms with van der Waals surface area (Å²) >= 11 is 0. The normalized spacial score (nSPS) is 10.2. The fraction of sp³-hybridized carbons (Fsp3) is 0.364.